The Morgan fingerprint density at radius 1 is 1.53 bits per heavy atom. The number of carbonyl (C=O) groups excluding carboxylic acids is 1. The van der Waals surface area contributed by atoms with Gasteiger partial charge in [-0.3, -0.25) is 4.79 Å². The molecular formula is C10H13F3N4O2. The summed E-state index contributed by atoms with van der Waals surface area (Å²) in [6.45, 7) is -0.459. The molecular weight excluding hydrogens is 265 g/mol. The molecule has 1 aromatic rings. The minimum absolute atomic E-state index is 0.201. The first-order chi connectivity index (χ1) is 8.87. The molecule has 0 radical (unpaired) electrons. The van der Waals surface area contributed by atoms with Crippen molar-refractivity contribution in [3.8, 4) is 0 Å². The Balaban J connectivity index is 2.31. The summed E-state index contributed by atoms with van der Waals surface area (Å²) in [4.78, 5) is 10.9. The molecule has 1 fully saturated rings. The molecule has 6 nitrogen and oxygen atoms in total. The minimum atomic E-state index is -4.40. The molecule has 0 spiro atoms. The number of rotatable bonds is 4. The van der Waals surface area contributed by atoms with Crippen LogP contribution in [0.5, 0.6) is 0 Å². The van der Waals surface area contributed by atoms with Crippen molar-refractivity contribution in [3.05, 3.63) is 11.4 Å². The van der Waals surface area contributed by atoms with Gasteiger partial charge in [0.2, 0.25) is 5.91 Å². The first-order valence-corrected chi connectivity index (χ1v) is 5.72. The summed E-state index contributed by atoms with van der Waals surface area (Å²) in [5.41, 5.74) is 5.56. The summed E-state index contributed by atoms with van der Waals surface area (Å²) in [6, 6.07) is 0. The Labute approximate surface area is 106 Å². The number of alkyl halides is 3. The molecule has 1 aromatic heterocycles. The van der Waals surface area contributed by atoms with Crippen molar-refractivity contribution < 1.29 is 22.7 Å². The molecule has 0 aliphatic carbocycles. The predicted molar refractivity (Wildman–Crippen MR) is 57.2 cm³/mol. The molecule has 0 bridgehead atoms. The van der Waals surface area contributed by atoms with Gasteiger partial charge in [0.1, 0.15) is 6.54 Å². The molecule has 1 atom stereocenters. The van der Waals surface area contributed by atoms with Gasteiger partial charge in [-0.15, -0.1) is 5.10 Å². The van der Waals surface area contributed by atoms with Crippen LogP contribution in [0.3, 0.4) is 0 Å². The van der Waals surface area contributed by atoms with Gasteiger partial charge in [0.25, 0.3) is 0 Å². The van der Waals surface area contributed by atoms with E-state index in [1.807, 2.05) is 0 Å². The number of carbonyl (C=O) groups is 1. The lowest BCUT2D eigenvalue weighted by Crippen LogP contribution is -2.23. The third-order valence-corrected chi connectivity index (χ3v) is 2.83. The molecule has 106 valence electrons. The number of hydrogen-bond acceptors (Lipinski definition) is 4. The van der Waals surface area contributed by atoms with Gasteiger partial charge in [0, 0.05) is 12.5 Å². The quantitative estimate of drug-likeness (QED) is 0.862. The van der Waals surface area contributed by atoms with Crippen LogP contribution in [0.2, 0.25) is 0 Å². The van der Waals surface area contributed by atoms with Crippen LogP contribution in [0, 0.1) is 0 Å². The standard InChI is InChI=1S/C10H13F3N4O2/c11-10(12,13)5-17-9(6-1-2-19-4-6)7(15-16-17)3-8(14)18/h6H,1-5H2,(H2,14,18). The summed E-state index contributed by atoms with van der Waals surface area (Å²) in [6.07, 6.45) is -4.04. The fourth-order valence-electron chi connectivity index (χ4n) is 2.13. The zero-order valence-electron chi connectivity index (χ0n) is 9.98. The van der Waals surface area contributed by atoms with Gasteiger partial charge in [0.15, 0.2) is 0 Å². The number of nitrogens with two attached hydrogens (primary N) is 1. The molecule has 2 rings (SSSR count). The Morgan fingerprint density at radius 2 is 2.26 bits per heavy atom. The van der Waals surface area contributed by atoms with E-state index in [0.717, 1.165) is 4.68 Å². The van der Waals surface area contributed by atoms with Gasteiger partial charge in [-0.25, -0.2) is 4.68 Å². The molecule has 19 heavy (non-hydrogen) atoms. The Morgan fingerprint density at radius 3 is 2.79 bits per heavy atom. The summed E-state index contributed by atoms with van der Waals surface area (Å²) < 4.78 is 43.4. The summed E-state index contributed by atoms with van der Waals surface area (Å²) in [5.74, 6) is -0.883. The molecule has 0 saturated carbocycles. The number of ether oxygens (including phenoxy) is 1. The fraction of sp³-hybridized carbons (Fsp3) is 0.700. The van der Waals surface area contributed by atoms with Crippen molar-refractivity contribution in [3.63, 3.8) is 0 Å². The van der Waals surface area contributed by atoms with Gasteiger partial charge >= 0.3 is 6.18 Å². The average molecular weight is 278 g/mol. The zero-order valence-corrected chi connectivity index (χ0v) is 9.98. The van der Waals surface area contributed by atoms with E-state index >= 15 is 0 Å². The lowest BCUT2D eigenvalue weighted by Gasteiger charge is -2.13. The monoisotopic (exact) mass is 278 g/mol. The summed E-state index contributed by atoms with van der Waals surface area (Å²) in [7, 11) is 0. The highest BCUT2D eigenvalue weighted by molar-refractivity contribution is 5.76. The number of nitrogens with zero attached hydrogens (tertiary/aromatic N) is 3. The van der Waals surface area contributed by atoms with Gasteiger partial charge in [-0.1, -0.05) is 5.21 Å². The maximum atomic E-state index is 12.5. The molecule has 1 amide bonds. The van der Waals surface area contributed by atoms with E-state index in [1.54, 1.807) is 0 Å². The first-order valence-electron chi connectivity index (χ1n) is 5.72. The van der Waals surface area contributed by atoms with Crippen LogP contribution in [0.25, 0.3) is 0 Å². The normalized spacial score (nSPS) is 19.8. The second-order valence-electron chi connectivity index (χ2n) is 4.40. The highest BCUT2D eigenvalue weighted by Gasteiger charge is 2.34. The van der Waals surface area contributed by atoms with Gasteiger partial charge in [0.05, 0.1) is 24.4 Å². The Bertz CT molecular complexity index is 466. The maximum Gasteiger partial charge on any atom is 0.408 e. The van der Waals surface area contributed by atoms with E-state index in [-0.39, 0.29) is 18.0 Å². The van der Waals surface area contributed by atoms with Crippen molar-refractivity contribution in [2.45, 2.75) is 31.5 Å². The van der Waals surface area contributed by atoms with E-state index in [9.17, 15) is 18.0 Å². The van der Waals surface area contributed by atoms with E-state index in [1.165, 1.54) is 0 Å². The second-order valence-corrected chi connectivity index (χ2v) is 4.40. The number of aromatic nitrogens is 3. The number of hydrogen-bond donors (Lipinski definition) is 1. The molecule has 1 aliphatic heterocycles. The first kappa shape index (κ1) is 13.8. The van der Waals surface area contributed by atoms with Crippen molar-refractivity contribution in [2.75, 3.05) is 13.2 Å². The molecule has 1 unspecified atom stereocenters. The van der Waals surface area contributed by atoms with Crippen LogP contribution in [0.4, 0.5) is 13.2 Å². The van der Waals surface area contributed by atoms with Gasteiger partial charge in [-0.2, -0.15) is 13.2 Å². The van der Waals surface area contributed by atoms with Gasteiger partial charge in [-0.05, 0) is 6.42 Å². The van der Waals surface area contributed by atoms with Crippen molar-refractivity contribution in [1.29, 1.82) is 0 Å². The molecule has 2 heterocycles. The lowest BCUT2D eigenvalue weighted by molar-refractivity contribution is -0.143. The predicted octanol–water partition coefficient (Wildman–Crippen LogP) is 0.372. The largest absolute Gasteiger partial charge is 0.408 e. The topological polar surface area (TPSA) is 83.0 Å². The van der Waals surface area contributed by atoms with E-state index in [4.69, 9.17) is 10.5 Å². The van der Waals surface area contributed by atoms with Crippen LogP contribution < -0.4 is 5.73 Å². The smallest absolute Gasteiger partial charge is 0.381 e. The molecule has 1 saturated heterocycles. The van der Waals surface area contributed by atoms with E-state index in [2.05, 4.69) is 10.3 Å². The highest BCUT2D eigenvalue weighted by atomic mass is 19.4. The molecule has 9 heteroatoms. The van der Waals surface area contributed by atoms with Crippen molar-refractivity contribution >= 4 is 5.91 Å². The zero-order chi connectivity index (χ0) is 14.0. The lowest BCUT2D eigenvalue weighted by atomic mass is 10.0. The Hall–Kier alpha value is -1.64. The van der Waals surface area contributed by atoms with E-state index < -0.39 is 18.6 Å². The third-order valence-electron chi connectivity index (χ3n) is 2.83. The van der Waals surface area contributed by atoms with Crippen LogP contribution in [-0.2, 0) is 22.5 Å². The maximum absolute atomic E-state index is 12.5. The second kappa shape index (κ2) is 5.16. The Kier molecular flexibility index (Phi) is 3.74. The van der Waals surface area contributed by atoms with Crippen LogP contribution in [0.15, 0.2) is 0 Å². The van der Waals surface area contributed by atoms with Crippen molar-refractivity contribution in [2.24, 2.45) is 5.73 Å². The third kappa shape index (κ3) is 3.43. The number of amides is 1. The summed E-state index contributed by atoms with van der Waals surface area (Å²) in [5, 5.41) is 7.12. The van der Waals surface area contributed by atoms with E-state index in [0.29, 0.717) is 25.3 Å². The van der Waals surface area contributed by atoms with Crippen LogP contribution in [0.1, 0.15) is 23.7 Å². The minimum Gasteiger partial charge on any atom is -0.381 e. The number of primary amides is 1. The average Bonchev–Trinajstić information content (AvgIpc) is 2.85. The van der Waals surface area contributed by atoms with Crippen LogP contribution in [-0.4, -0.2) is 40.3 Å². The fourth-order valence-corrected chi connectivity index (χ4v) is 2.13. The molecule has 0 aromatic carbocycles. The SMILES string of the molecule is NC(=O)Cc1nnn(CC(F)(F)F)c1C1CCOC1. The highest BCUT2D eigenvalue weighted by Crippen LogP contribution is 2.29. The molecule has 2 N–H and O–H groups in total. The molecule has 1 aliphatic rings. The van der Waals surface area contributed by atoms with Crippen molar-refractivity contribution in [1.82, 2.24) is 15.0 Å². The summed E-state index contributed by atoms with van der Waals surface area (Å²) >= 11 is 0. The van der Waals surface area contributed by atoms with Crippen LogP contribution >= 0.6 is 0 Å². The van der Waals surface area contributed by atoms with Gasteiger partial charge < -0.3 is 10.5 Å². The number of halogens is 3.